The number of ether oxygens (including phenoxy) is 1. The van der Waals surface area contributed by atoms with Crippen LogP contribution in [0, 0.1) is 0 Å². The molecule has 1 aromatic carbocycles. The summed E-state index contributed by atoms with van der Waals surface area (Å²) in [7, 11) is -4.28. The molecule has 1 saturated heterocycles. The van der Waals surface area contributed by atoms with Crippen LogP contribution in [0.1, 0.15) is 26.7 Å². The molecule has 1 aliphatic heterocycles. The number of alkyl halides is 3. The van der Waals surface area contributed by atoms with Gasteiger partial charge in [-0.15, -0.1) is 13.2 Å². The summed E-state index contributed by atoms with van der Waals surface area (Å²) in [5, 5.41) is 2.66. The van der Waals surface area contributed by atoms with Gasteiger partial charge in [-0.25, -0.2) is 13.1 Å². The highest BCUT2D eigenvalue weighted by molar-refractivity contribution is 7.89. The fourth-order valence-electron chi connectivity index (χ4n) is 2.48. The number of para-hydroxylation sites is 1. The van der Waals surface area contributed by atoms with Crippen molar-refractivity contribution in [3.63, 3.8) is 0 Å². The van der Waals surface area contributed by atoms with Crippen LogP contribution >= 0.6 is 0 Å². The first-order valence-corrected chi connectivity index (χ1v) is 8.57. The molecule has 0 aliphatic carbocycles. The number of nitrogens with one attached hydrogen (secondary N) is 2. The molecular formula is C14H17F3N2O4S. The molecule has 134 valence electrons. The van der Waals surface area contributed by atoms with Gasteiger partial charge in [0.25, 0.3) is 0 Å². The van der Waals surface area contributed by atoms with Crippen LogP contribution in [0.4, 0.5) is 13.2 Å². The Bertz CT molecular complexity index is 732. The van der Waals surface area contributed by atoms with Gasteiger partial charge in [-0.05, 0) is 32.4 Å². The molecule has 6 nitrogen and oxygen atoms in total. The predicted octanol–water partition coefficient (Wildman–Crippen LogP) is 1.92. The van der Waals surface area contributed by atoms with Crippen LogP contribution in [0.25, 0.3) is 0 Å². The molecule has 1 fully saturated rings. The summed E-state index contributed by atoms with van der Waals surface area (Å²) in [6.45, 7) is 3.27. The van der Waals surface area contributed by atoms with Crippen LogP contribution in [0.3, 0.4) is 0 Å². The van der Waals surface area contributed by atoms with Crippen molar-refractivity contribution < 1.29 is 31.1 Å². The van der Waals surface area contributed by atoms with E-state index in [2.05, 4.69) is 14.8 Å². The molecule has 2 rings (SSSR count). The maximum Gasteiger partial charge on any atom is 0.573 e. The van der Waals surface area contributed by atoms with E-state index >= 15 is 0 Å². The van der Waals surface area contributed by atoms with Crippen molar-refractivity contribution in [2.24, 2.45) is 0 Å². The molecule has 1 aromatic rings. The topological polar surface area (TPSA) is 84.5 Å². The number of piperidine rings is 1. The van der Waals surface area contributed by atoms with Crippen molar-refractivity contribution in [2.45, 2.75) is 49.5 Å². The molecule has 10 heteroatoms. The highest BCUT2D eigenvalue weighted by Gasteiger charge is 2.39. The third-order valence-corrected chi connectivity index (χ3v) is 5.17. The largest absolute Gasteiger partial charge is 0.573 e. The van der Waals surface area contributed by atoms with Crippen molar-refractivity contribution in [1.82, 2.24) is 10.0 Å². The van der Waals surface area contributed by atoms with Crippen LogP contribution in [0.2, 0.25) is 0 Å². The summed E-state index contributed by atoms with van der Waals surface area (Å²) < 4.78 is 68.5. The lowest BCUT2D eigenvalue weighted by Gasteiger charge is -2.39. The molecule has 0 spiro atoms. The fraction of sp³-hybridized carbons (Fsp3) is 0.500. The summed E-state index contributed by atoms with van der Waals surface area (Å²) >= 11 is 0. The first-order valence-electron chi connectivity index (χ1n) is 7.09. The Hall–Kier alpha value is -1.81. The Morgan fingerprint density at radius 2 is 1.92 bits per heavy atom. The van der Waals surface area contributed by atoms with E-state index < -0.39 is 38.6 Å². The first kappa shape index (κ1) is 18.5. The van der Waals surface area contributed by atoms with Crippen molar-refractivity contribution in [3.8, 4) is 5.75 Å². The normalized spacial score (nSPS) is 21.2. The second-order valence-electron chi connectivity index (χ2n) is 5.98. The van der Waals surface area contributed by atoms with Crippen LogP contribution in [-0.4, -0.2) is 32.3 Å². The molecule has 0 saturated carbocycles. The third-order valence-electron chi connectivity index (χ3n) is 3.65. The van der Waals surface area contributed by atoms with Gasteiger partial charge in [-0.1, -0.05) is 12.1 Å². The maximum atomic E-state index is 12.5. The summed E-state index contributed by atoms with van der Waals surface area (Å²) in [5.41, 5.74) is -0.873. The van der Waals surface area contributed by atoms with Gasteiger partial charge in [0.2, 0.25) is 15.9 Å². The molecule has 1 unspecified atom stereocenters. The third kappa shape index (κ3) is 4.38. The number of sulfonamides is 1. The van der Waals surface area contributed by atoms with Crippen molar-refractivity contribution in [2.75, 3.05) is 0 Å². The van der Waals surface area contributed by atoms with Crippen molar-refractivity contribution >= 4 is 15.9 Å². The van der Waals surface area contributed by atoms with E-state index in [9.17, 15) is 26.4 Å². The van der Waals surface area contributed by atoms with Gasteiger partial charge in [-0.2, -0.15) is 0 Å². The SMILES string of the molecule is CC1(C)NC(=O)CCC1NS(=O)(=O)c1ccccc1OC(F)(F)F. The van der Waals surface area contributed by atoms with Crippen LogP contribution in [-0.2, 0) is 14.8 Å². The quantitative estimate of drug-likeness (QED) is 0.853. The fourth-order valence-corrected chi connectivity index (χ4v) is 4.03. The van der Waals surface area contributed by atoms with Gasteiger partial charge < -0.3 is 10.1 Å². The van der Waals surface area contributed by atoms with Crippen LogP contribution in [0.5, 0.6) is 5.75 Å². The molecule has 1 atom stereocenters. The molecule has 0 aromatic heterocycles. The summed E-state index contributed by atoms with van der Waals surface area (Å²) in [6.07, 6.45) is -4.65. The Morgan fingerprint density at radius 3 is 2.50 bits per heavy atom. The number of amides is 1. The highest BCUT2D eigenvalue weighted by Crippen LogP contribution is 2.30. The summed E-state index contributed by atoms with van der Waals surface area (Å²) in [5.74, 6) is -1.02. The van der Waals surface area contributed by atoms with E-state index in [1.165, 1.54) is 12.1 Å². The molecule has 1 aliphatic rings. The number of carbonyl (C=O) groups is 1. The minimum Gasteiger partial charge on any atom is -0.404 e. The van der Waals surface area contributed by atoms with Crippen molar-refractivity contribution in [3.05, 3.63) is 24.3 Å². The van der Waals surface area contributed by atoms with Crippen LogP contribution < -0.4 is 14.8 Å². The van der Waals surface area contributed by atoms with Gasteiger partial charge in [0.15, 0.2) is 0 Å². The molecule has 1 amide bonds. The molecule has 24 heavy (non-hydrogen) atoms. The lowest BCUT2D eigenvalue weighted by Crippen LogP contribution is -2.61. The van der Waals surface area contributed by atoms with Gasteiger partial charge >= 0.3 is 6.36 Å². The number of halogens is 3. The maximum absolute atomic E-state index is 12.5. The van der Waals surface area contributed by atoms with E-state index in [4.69, 9.17) is 0 Å². The lowest BCUT2D eigenvalue weighted by atomic mass is 9.88. The predicted molar refractivity (Wildman–Crippen MR) is 78.7 cm³/mol. The summed E-state index contributed by atoms with van der Waals surface area (Å²) in [6, 6.07) is 3.82. The molecule has 1 heterocycles. The van der Waals surface area contributed by atoms with E-state index in [1.54, 1.807) is 13.8 Å². The smallest absolute Gasteiger partial charge is 0.404 e. The first-order chi connectivity index (χ1) is 10.9. The summed E-state index contributed by atoms with van der Waals surface area (Å²) in [4.78, 5) is 10.8. The molecular weight excluding hydrogens is 349 g/mol. The van der Waals surface area contributed by atoms with E-state index in [0.29, 0.717) is 0 Å². The average molecular weight is 366 g/mol. The molecule has 0 bridgehead atoms. The number of hydrogen-bond donors (Lipinski definition) is 2. The van der Waals surface area contributed by atoms with Gasteiger partial charge in [0.05, 0.1) is 5.54 Å². The second-order valence-corrected chi connectivity index (χ2v) is 7.66. The standard InChI is InChI=1S/C14H17F3N2O4S/c1-13(2)11(7-8-12(20)18-13)19-24(21,22)10-6-4-3-5-9(10)23-14(15,16)17/h3-6,11,19H,7-8H2,1-2H3,(H,18,20). The Labute approximate surface area is 137 Å². The van der Waals surface area contributed by atoms with Gasteiger partial charge in [-0.3, -0.25) is 4.79 Å². The Morgan fingerprint density at radius 1 is 1.29 bits per heavy atom. The minimum absolute atomic E-state index is 0.122. The lowest BCUT2D eigenvalue weighted by molar-refractivity contribution is -0.275. The Balaban J connectivity index is 2.30. The highest BCUT2D eigenvalue weighted by atomic mass is 32.2. The monoisotopic (exact) mass is 366 g/mol. The van der Waals surface area contributed by atoms with Crippen LogP contribution in [0.15, 0.2) is 29.2 Å². The number of hydrogen-bond acceptors (Lipinski definition) is 4. The Kier molecular flexibility index (Phi) is 4.82. The molecule has 0 radical (unpaired) electrons. The number of benzene rings is 1. The number of rotatable bonds is 4. The average Bonchev–Trinajstić information content (AvgIpc) is 2.40. The van der Waals surface area contributed by atoms with Gasteiger partial charge in [0, 0.05) is 12.5 Å². The number of carbonyl (C=O) groups excluding carboxylic acids is 1. The minimum atomic E-state index is -5.01. The van der Waals surface area contributed by atoms with E-state index in [-0.39, 0.29) is 18.7 Å². The zero-order chi connectivity index (χ0) is 18.2. The van der Waals surface area contributed by atoms with Crippen molar-refractivity contribution in [1.29, 1.82) is 0 Å². The molecule has 2 N–H and O–H groups in total. The van der Waals surface area contributed by atoms with E-state index in [1.807, 2.05) is 0 Å². The zero-order valence-electron chi connectivity index (χ0n) is 13.0. The zero-order valence-corrected chi connectivity index (χ0v) is 13.8. The van der Waals surface area contributed by atoms with E-state index in [0.717, 1.165) is 12.1 Å². The second kappa shape index (κ2) is 6.25. The van der Waals surface area contributed by atoms with Gasteiger partial charge in [0.1, 0.15) is 10.6 Å².